The topological polar surface area (TPSA) is 46.6 Å². The SMILES string of the molecule is C=CCOc1ccc(/C=C2/SC(=O)N(CC)C2=O)cc1. The first-order valence-electron chi connectivity index (χ1n) is 6.25. The molecule has 1 aliphatic heterocycles. The maximum atomic E-state index is 11.9. The molecule has 0 unspecified atom stereocenters. The fraction of sp³-hybridized carbons (Fsp3) is 0.200. The zero-order valence-electron chi connectivity index (χ0n) is 11.2. The van der Waals surface area contributed by atoms with Crippen molar-refractivity contribution in [3.05, 3.63) is 47.4 Å². The van der Waals surface area contributed by atoms with E-state index in [-0.39, 0.29) is 11.1 Å². The van der Waals surface area contributed by atoms with Crippen molar-refractivity contribution in [3.63, 3.8) is 0 Å². The largest absolute Gasteiger partial charge is 0.490 e. The molecular weight excluding hydrogens is 274 g/mol. The second-order valence-electron chi connectivity index (χ2n) is 4.09. The van der Waals surface area contributed by atoms with Crippen LogP contribution < -0.4 is 4.74 Å². The average Bonchev–Trinajstić information content (AvgIpc) is 2.72. The number of ether oxygens (including phenoxy) is 1. The summed E-state index contributed by atoms with van der Waals surface area (Å²) in [5.41, 5.74) is 0.859. The van der Waals surface area contributed by atoms with E-state index < -0.39 is 0 Å². The van der Waals surface area contributed by atoms with Crippen molar-refractivity contribution < 1.29 is 14.3 Å². The first kappa shape index (κ1) is 14.4. The standard InChI is InChI=1S/C15H15NO3S/c1-3-9-19-12-7-5-11(6-8-12)10-13-14(17)16(4-2)15(18)20-13/h3,5-8,10H,1,4,9H2,2H3/b13-10+. The van der Waals surface area contributed by atoms with Gasteiger partial charge in [0, 0.05) is 6.54 Å². The van der Waals surface area contributed by atoms with Crippen molar-refractivity contribution in [1.29, 1.82) is 0 Å². The molecule has 5 heteroatoms. The molecule has 0 aromatic heterocycles. The van der Waals surface area contributed by atoms with E-state index in [0.29, 0.717) is 18.1 Å². The van der Waals surface area contributed by atoms with E-state index in [1.165, 1.54) is 4.90 Å². The molecule has 0 saturated carbocycles. The highest BCUT2D eigenvalue weighted by atomic mass is 32.2. The molecule has 0 atom stereocenters. The van der Waals surface area contributed by atoms with Crippen LogP contribution in [0.5, 0.6) is 5.75 Å². The van der Waals surface area contributed by atoms with Gasteiger partial charge in [0.25, 0.3) is 11.1 Å². The second kappa shape index (κ2) is 6.43. The summed E-state index contributed by atoms with van der Waals surface area (Å²) in [6, 6.07) is 7.33. The van der Waals surface area contributed by atoms with Crippen LogP contribution in [-0.2, 0) is 4.79 Å². The van der Waals surface area contributed by atoms with Gasteiger partial charge in [-0.25, -0.2) is 0 Å². The zero-order valence-corrected chi connectivity index (χ0v) is 12.0. The molecule has 20 heavy (non-hydrogen) atoms. The molecule has 1 heterocycles. The van der Waals surface area contributed by atoms with E-state index in [1.807, 2.05) is 24.3 Å². The Labute approximate surface area is 122 Å². The van der Waals surface area contributed by atoms with Gasteiger partial charge in [0.1, 0.15) is 12.4 Å². The van der Waals surface area contributed by atoms with Gasteiger partial charge < -0.3 is 4.74 Å². The number of imide groups is 1. The lowest BCUT2D eigenvalue weighted by Crippen LogP contribution is -2.27. The van der Waals surface area contributed by atoms with Gasteiger partial charge in [0.05, 0.1) is 4.91 Å². The third-order valence-electron chi connectivity index (χ3n) is 2.74. The molecule has 1 aromatic carbocycles. The monoisotopic (exact) mass is 289 g/mol. The number of carbonyl (C=O) groups is 2. The van der Waals surface area contributed by atoms with E-state index in [9.17, 15) is 9.59 Å². The number of amides is 2. The Balaban J connectivity index is 2.13. The molecule has 1 aliphatic rings. The van der Waals surface area contributed by atoms with Crippen molar-refractivity contribution in [3.8, 4) is 5.75 Å². The number of rotatable bonds is 5. The molecule has 1 aromatic rings. The summed E-state index contributed by atoms with van der Waals surface area (Å²) in [5, 5.41) is -0.213. The third-order valence-corrected chi connectivity index (χ3v) is 3.64. The number of thioether (sulfide) groups is 1. The molecule has 0 spiro atoms. The van der Waals surface area contributed by atoms with E-state index in [0.717, 1.165) is 23.1 Å². The predicted octanol–water partition coefficient (Wildman–Crippen LogP) is 3.31. The fourth-order valence-corrected chi connectivity index (χ4v) is 2.64. The summed E-state index contributed by atoms with van der Waals surface area (Å²) in [7, 11) is 0. The van der Waals surface area contributed by atoms with E-state index >= 15 is 0 Å². The zero-order chi connectivity index (χ0) is 14.5. The normalized spacial score (nSPS) is 16.9. The number of hydrogen-bond donors (Lipinski definition) is 0. The van der Waals surface area contributed by atoms with Gasteiger partial charge in [0.15, 0.2) is 0 Å². The smallest absolute Gasteiger partial charge is 0.293 e. The number of hydrogen-bond acceptors (Lipinski definition) is 4. The number of nitrogens with zero attached hydrogens (tertiary/aromatic N) is 1. The van der Waals surface area contributed by atoms with Gasteiger partial charge in [-0.15, -0.1) is 0 Å². The number of likely N-dealkylation sites (N-methyl/N-ethyl adjacent to an activating group) is 1. The Morgan fingerprint density at radius 3 is 2.55 bits per heavy atom. The van der Waals surface area contributed by atoms with Gasteiger partial charge in [0.2, 0.25) is 0 Å². The van der Waals surface area contributed by atoms with Crippen LogP contribution in [0.25, 0.3) is 6.08 Å². The molecule has 2 rings (SSSR count). The maximum Gasteiger partial charge on any atom is 0.293 e. The molecule has 104 valence electrons. The quantitative estimate of drug-likeness (QED) is 0.616. The minimum Gasteiger partial charge on any atom is -0.490 e. The Kier molecular flexibility index (Phi) is 4.63. The van der Waals surface area contributed by atoms with Crippen LogP contribution >= 0.6 is 11.8 Å². The lowest BCUT2D eigenvalue weighted by atomic mass is 10.2. The first-order chi connectivity index (χ1) is 9.65. The van der Waals surface area contributed by atoms with Crippen LogP contribution in [0.3, 0.4) is 0 Å². The van der Waals surface area contributed by atoms with Crippen LogP contribution in [-0.4, -0.2) is 29.2 Å². The van der Waals surface area contributed by atoms with Crippen molar-refractivity contribution >= 4 is 29.0 Å². The number of carbonyl (C=O) groups excluding carboxylic acids is 2. The van der Waals surface area contributed by atoms with Gasteiger partial charge >= 0.3 is 0 Å². The highest BCUT2D eigenvalue weighted by Crippen LogP contribution is 2.32. The molecule has 1 fully saturated rings. The molecule has 0 bridgehead atoms. The van der Waals surface area contributed by atoms with Gasteiger partial charge in [-0.3, -0.25) is 14.5 Å². The second-order valence-corrected chi connectivity index (χ2v) is 5.09. The van der Waals surface area contributed by atoms with Crippen LogP contribution in [0.4, 0.5) is 4.79 Å². The summed E-state index contributed by atoms with van der Waals surface area (Å²) in [6.45, 7) is 6.22. The van der Waals surface area contributed by atoms with Crippen LogP contribution in [0.1, 0.15) is 12.5 Å². The minimum atomic E-state index is -0.227. The Morgan fingerprint density at radius 1 is 1.30 bits per heavy atom. The lowest BCUT2D eigenvalue weighted by molar-refractivity contribution is -0.122. The van der Waals surface area contributed by atoms with E-state index in [4.69, 9.17) is 4.74 Å². The molecule has 0 radical (unpaired) electrons. The van der Waals surface area contributed by atoms with E-state index in [1.54, 1.807) is 19.1 Å². The van der Waals surface area contributed by atoms with Crippen LogP contribution in [0, 0.1) is 0 Å². The third kappa shape index (κ3) is 3.11. The minimum absolute atomic E-state index is 0.213. The lowest BCUT2D eigenvalue weighted by Gasteiger charge is -2.07. The molecule has 4 nitrogen and oxygen atoms in total. The molecule has 0 N–H and O–H groups in total. The molecule has 1 saturated heterocycles. The van der Waals surface area contributed by atoms with Gasteiger partial charge in [-0.1, -0.05) is 24.8 Å². The first-order valence-corrected chi connectivity index (χ1v) is 7.06. The summed E-state index contributed by atoms with van der Waals surface area (Å²) in [6.07, 6.45) is 3.40. The summed E-state index contributed by atoms with van der Waals surface area (Å²) in [5.74, 6) is 0.512. The van der Waals surface area contributed by atoms with Crippen LogP contribution in [0.2, 0.25) is 0 Å². The van der Waals surface area contributed by atoms with Crippen LogP contribution in [0.15, 0.2) is 41.8 Å². The average molecular weight is 289 g/mol. The Hall–Kier alpha value is -2.01. The highest BCUT2D eigenvalue weighted by molar-refractivity contribution is 8.18. The fourth-order valence-electron chi connectivity index (χ4n) is 1.74. The number of benzene rings is 1. The summed E-state index contributed by atoms with van der Waals surface area (Å²) in [4.78, 5) is 25.2. The maximum absolute atomic E-state index is 11.9. The molecular formula is C15H15NO3S. The highest BCUT2D eigenvalue weighted by Gasteiger charge is 2.33. The van der Waals surface area contributed by atoms with Crippen molar-refractivity contribution in [1.82, 2.24) is 4.90 Å². The van der Waals surface area contributed by atoms with E-state index in [2.05, 4.69) is 6.58 Å². The summed E-state index contributed by atoms with van der Waals surface area (Å²) >= 11 is 0.973. The predicted molar refractivity (Wildman–Crippen MR) is 80.5 cm³/mol. The van der Waals surface area contributed by atoms with Crippen molar-refractivity contribution in [2.45, 2.75) is 6.92 Å². The molecule has 0 aliphatic carbocycles. The molecule has 2 amide bonds. The Bertz CT molecular complexity index is 563. The Morgan fingerprint density at radius 2 is 2.00 bits per heavy atom. The van der Waals surface area contributed by atoms with Gasteiger partial charge in [-0.05, 0) is 42.5 Å². The van der Waals surface area contributed by atoms with Crippen molar-refractivity contribution in [2.24, 2.45) is 0 Å². The summed E-state index contributed by atoms with van der Waals surface area (Å²) < 4.78 is 5.38. The van der Waals surface area contributed by atoms with Gasteiger partial charge in [-0.2, -0.15) is 0 Å². The van der Waals surface area contributed by atoms with Crippen molar-refractivity contribution in [2.75, 3.05) is 13.2 Å².